The molecule has 1 aromatic heterocycles. The van der Waals surface area contributed by atoms with E-state index in [2.05, 4.69) is 15.5 Å². The summed E-state index contributed by atoms with van der Waals surface area (Å²) in [5, 5.41) is 10.1. The van der Waals surface area contributed by atoms with Crippen molar-refractivity contribution in [3.05, 3.63) is 65.7 Å². The molecule has 1 heterocycles. The minimum Gasteiger partial charge on any atom is -0.483 e. The third-order valence-electron chi connectivity index (χ3n) is 3.98. The van der Waals surface area contributed by atoms with E-state index in [4.69, 9.17) is 4.74 Å². The van der Waals surface area contributed by atoms with Crippen molar-refractivity contribution in [3.8, 4) is 5.75 Å². The van der Waals surface area contributed by atoms with Crippen LogP contribution in [0.5, 0.6) is 5.75 Å². The van der Waals surface area contributed by atoms with Gasteiger partial charge in [-0.3, -0.25) is 10.1 Å². The molecule has 10 heteroatoms. The van der Waals surface area contributed by atoms with E-state index in [0.717, 1.165) is 22.5 Å². The van der Waals surface area contributed by atoms with Crippen molar-refractivity contribution < 1.29 is 17.9 Å². The first-order valence-electron chi connectivity index (χ1n) is 8.68. The first-order valence-corrected chi connectivity index (χ1v) is 10.9. The van der Waals surface area contributed by atoms with Gasteiger partial charge < -0.3 is 4.74 Å². The fourth-order valence-corrected chi connectivity index (χ4v) is 4.70. The van der Waals surface area contributed by atoms with Crippen molar-refractivity contribution in [2.45, 2.75) is 17.8 Å². The molecule has 8 nitrogen and oxygen atoms in total. The van der Waals surface area contributed by atoms with Crippen molar-refractivity contribution in [2.75, 3.05) is 19.0 Å². The molecule has 29 heavy (non-hydrogen) atoms. The van der Waals surface area contributed by atoms with Gasteiger partial charge in [0.25, 0.3) is 15.9 Å². The number of aryl methyl sites for hydroxylation is 1. The van der Waals surface area contributed by atoms with Gasteiger partial charge in [0.05, 0.1) is 0 Å². The van der Waals surface area contributed by atoms with Crippen LogP contribution in [0.3, 0.4) is 0 Å². The number of amides is 1. The van der Waals surface area contributed by atoms with E-state index in [0.29, 0.717) is 5.75 Å². The third-order valence-corrected chi connectivity index (χ3v) is 6.97. The second-order valence-electron chi connectivity index (χ2n) is 6.22. The number of aromatic nitrogens is 2. The maximum Gasteiger partial charge on any atom is 0.272 e. The van der Waals surface area contributed by atoms with E-state index in [1.807, 2.05) is 55.5 Å². The Hall–Kier alpha value is -2.82. The van der Waals surface area contributed by atoms with E-state index in [1.165, 1.54) is 11.4 Å². The molecule has 1 N–H and O–H groups in total. The quantitative estimate of drug-likeness (QED) is 0.549. The van der Waals surface area contributed by atoms with Gasteiger partial charge in [-0.25, -0.2) is 8.42 Å². The minimum absolute atomic E-state index is 0.0927. The van der Waals surface area contributed by atoms with E-state index < -0.39 is 15.9 Å². The van der Waals surface area contributed by atoms with Gasteiger partial charge in [-0.05, 0) is 24.1 Å². The molecule has 0 radical (unpaired) electrons. The maximum atomic E-state index is 12.7. The second-order valence-corrected chi connectivity index (χ2v) is 9.42. The largest absolute Gasteiger partial charge is 0.483 e. The number of para-hydroxylation sites is 1. The molecule has 0 unspecified atom stereocenters. The van der Waals surface area contributed by atoms with Crippen LogP contribution in [0.4, 0.5) is 5.13 Å². The molecule has 0 aliphatic carbocycles. The Morgan fingerprint density at radius 3 is 2.52 bits per heavy atom. The Labute approximate surface area is 173 Å². The molecule has 0 fully saturated rings. The minimum atomic E-state index is -3.82. The molecular formula is C19H20N4O4S2. The summed E-state index contributed by atoms with van der Waals surface area (Å²) in [5.41, 5.74) is 1.76. The molecule has 2 aromatic carbocycles. The molecule has 0 saturated heterocycles. The molecule has 3 rings (SSSR count). The molecule has 152 valence electrons. The lowest BCUT2D eigenvalue weighted by atomic mass is 10.2. The molecule has 1 amide bonds. The zero-order chi connectivity index (χ0) is 20.9. The molecule has 0 spiro atoms. The molecule has 0 aliphatic heterocycles. The SMILES string of the molecule is Cc1ccccc1OCC(=O)Nc1nnc(S(=O)(=O)N(C)Cc2ccccc2)s1. The number of nitrogens with one attached hydrogen (secondary N) is 1. The number of ether oxygens (including phenoxy) is 1. The molecule has 0 atom stereocenters. The lowest BCUT2D eigenvalue weighted by molar-refractivity contribution is -0.118. The van der Waals surface area contributed by atoms with Crippen molar-refractivity contribution in [1.82, 2.24) is 14.5 Å². The highest BCUT2D eigenvalue weighted by Gasteiger charge is 2.26. The summed E-state index contributed by atoms with van der Waals surface area (Å²) in [5.74, 6) is 0.150. The Morgan fingerprint density at radius 1 is 1.10 bits per heavy atom. The van der Waals surface area contributed by atoms with E-state index >= 15 is 0 Å². The molecule has 0 saturated carbocycles. The van der Waals surface area contributed by atoms with Crippen LogP contribution < -0.4 is 10.1 Å². The summed E-state index contributed by atoms with van der Waals surface area (Å²) in [6.45, 7) is 1.86. The van der Waals surface area contributed by atoms with Crippen LogP contribution >= 0.6 is 11.3 Å². The van der Waals surface area contributed by atoms with Crippen molar-refractivity contribution >= 4 is 32.4 Å². The highest BCUT2D eigenvalue weighted by atomic mass is 32.2. The summed E-state index contributed by atoms with van der Waals surface area (Å²) in [6.07, 6.45) is 0. The normalized spacial score (nSPS) is 11.4. The Bertz CT molecular complexity index is 1080. The van der Waals surface area contributed by atoms with Crippen LogP contribution in [0, 0.1) is 6.92 Å². The second kappa shape index (κ2) is 9.12. The van der Waals surface area contributed by atoms with Gasteiger partial charge in [-0.1, -0.05) is 59.9 Å². The summed E-state index contributed by atoms with van der Waals surface area (Å²) < 4.78 is 31.8. The Morgan fingerprint density at radius 2 is 1.79 bits per heavy atom. The number of rotatable bonds is 8. The van der Waals surface area contributed by atoms with Crippen LogP contribution in [0.2, 0.25) is 0 Å². The van der Waals surface area contributed by atoms with E-state index in [9.17, 15) is 13.2 Å². The van der Waals surface area contributed by atoms with Crippen LogP contribution in [0.1, 0.15) is 11.1 Å². The standard InChI is InChI=1S/C19H20N4O4S2/c1-14-8-6-7-11-16(14)27-13-17(24)20-18-21-22-19(28-18)29(25,26)23(2)12-15-9-4-3-5-10-15/h3-11H,12-13H2,1-2H3,(H,20,21,24). The third kappa shape index (κ3) is 5.37. The van der Waals surface area contributed by atoms with Gasteiger partial charge in [-0.2, -0.15) is 4.31 Å². The number of sulfonamides is 1. The van der Waals surface area contributed by atoms with Crippen molar-refractivity contribution in [1.29, 1.82) is 0 Å². The van der Waals surface area contributed by atoms with Crippen LogP contribution in [0.15, 0.2) is 58.9 Å². The fraction of sp³-hybridized carbons (Fsp3) is 0.211. The summed E-state index contributed by atoms with van der Waals surface area (Å²) in [4.78, 5) is 12.1. The van der Waals surface area contributed by atoms with Gasteiger partial charge in [0.15, 0.2) is 6.61 Å². The summed E-state index contributed by atoms with van der Waals surface area (Å²) >= 11 is 0.793. The smallest absolute Gasteiger partial charge is 0.272 e. The topological polar surface area (TPSA) is 101 Å². The predicted octanol–water partition coefficient (Wildman–Crippen LogP) is 2.68. The molecule has 3 aromatic rings. The summed E-state index contributed by atoms with van der Waals surface area (Å²) in [6, 6.07) is 16.6. The van der Waals surface area contributed by atoms with Gasteiger partial charge in [-0.15, -0.1) is 10.2 Å². The highest BCUT2D eigenvalue weighted by molar-refractivity contribution is 7.91. The van der Waals surface area contributed by atoms with Crippen LogP contribution in [0.25, 0.3) is 0 Å². The van der Waals surface area contributed by atoms with E-state index in [1.54, 1.807) is 6.07 Å². The number of anilines is 1. The Balaban J connectivity index is 1.60. The number of hydrogen-bond donors (Lipinski definition) is 1. The van der Waals surface area contributed by atoms with Gasteiger partial charge in [0.2, 0.25) is 9.47 Å². The molecule has 0 aliphatic rings. The highest BCUT2D eigenvalue weighted by Crippen LogP contribution is 2.24. The predicted molar refractivity (Wildman–Crippen MR) is 110 cm³/mol. The van der Waals surface area contributed by atoms with E-state index in [-0.39, 0.29) is 22.6 Å². The van der Waals surface area contributed by atoms with Crippen LogP contribution in [-0.2, 0) is 21.4 Å². The van der Waals surface area contributed by atoms with Gasteiger partial charge in [0, 0.05) is 13.6 Å². The first kappa shape index (κ1) is 20.9. The number of benzene rings is 2. The average molecular weight is 433 g/mol. The molecular weight excluding hydrogens is 412 g/mol. The molecule has 0 bridgehead atoms. The lowest BCUT2D eigenvalue weighted by Crippen LogP contribution is -2.26. The number of nitrogens with zero attached hydrogens (tertiary/aromatic N) is 3. The number of carbonyl (C=O) groups is 1. The maximum absolute atomic E-state index is 12.7. The number of carbonyl (C=O) groups excluding carboxylic acids is 1. The van der Waals surface area contributed by atoms with Gasteiger partial charge >= 0.3 is 0 Å². The van der Waals surface area contributed by atoms with Crippen molar-refractivity contribution in [3.63, 3.8) is 0 Å². The lowest BCUT2D eigenvalue weighted by Gasteiger charge is -2.14. The number of hydrogen-bond acceptors (Lipinski definition) is 7. The fourth-order valence-electron chi connectivity index (χ4n) is 2.44. The van der Waals surface area contributed by atoms with Crippen LogP contribution in [-0.4, -0.2) is 42.5 Å². The zero-order valence-electron chi connectivity index (χ0n) is 15.9. The Kier molecular flexibility index (Phi) is 6.57. The summed E-state index contributed by atoms with van der Waals surface area (Å²) in [7, 11) is -2.35. The zero-order valence-corrected chi connectivity index (χ0v) is 17.5. The first-order chi connectivity index (χ1) is 13.9. The van der Waals surface area contributed by atoms with Gasteiger partial charge in [0.1, 0.15) is 5.75 Å². The average Bonchev–Trinajstić information content (AvgIpc) is 3.17. The monoisotopic (exact) mass is 432 g/mol. The van der Waals surface area contributed by atoms with Crippen molar-refractivity contribution in [2.24, 2.45) is 0 Å².